The summed E-state index contributed by atoms with van der Waals surface area (Å²) in [7, 11) is 0. The largest absolute Gasteiger partial charge is 0.327 e. The second-order valence-electron chi connectivity index (χ2n) is 3.91. The van der Waals surface area contributed by atoms with Crippen LogP contribution in [0, 0.1) is 0 Å². The predicted molar refractivity (Wildman–Crippen MR) is 85.9 cm³/mol. The molecule has 1 aromatic heterocycles. The highest BCUT2D eigenvalue weighted by molar-refractivity contribution is 9.10. The van der Waals surface area contributed by atoms with Gasteiger partial charge in [-0.15, -0.1) is 23.1 Å². The fourth-order valence-electron chi connectivity index (χ4n) is 1.54. The lowest BCUT2D eigenvalue weighted by Gasteiger charge is -2.10. The molecule has 1 heterocycles. The molecule has 0 fully saturated rings. The van der Waals surface area contributed by atoms with Gasteiger partial charge in [0.15, 0.2) is 0 Å². The topological polar surface area (TPSA) is 26.0 Å². The van der Waals surface area contributed by atoms with Gasteiger partial charge in [-0.25, -0.2) is 0 Å². The van der Waals surface area contributed by atoms with E-state index in [0.29, 0.717) is 0 Å². The molecule has 0 bridgehead atoms. The molecular weight excluding hydrogens is 350 g/mol. The Morgan fingerprint density at radius 2 is 2.06 bits per heavy atom. The van der Waals surface area contributed by atoms with Crippen LogP contribution in [-0.2, 0) is 6.42 Å². The van der Waals surface area contributed by atoms with Crippen molar-refractivity contribution in [2.24, 2.45) is 5.73 Å². The maximum atomic E-state index is 6.14. The molecule has 18 heavy (non-hydrogen) atoms. The number of nitrogens with two attached hydrogens (primary N) is 1. The van der Waals surface area contributed by atoms with Crippen molar-refractivity contribution in [2.45, 2.75) is 17.4 Å². The molecule has 0 aliphatic heterocycles. The Morgan fingerprint density at radius 3 is 2.72 bits per heavy atom. The van der Waals surface area contributed by atoms with E-state index in [0.717, 1.165) is 21.0 Å². The van der Waals surface area contributed by atoms with E-state index in [4.69, 9.17) is 17.3 Å². The molecule has 96 valence electrons. The zero-order chi connectivity index (χ0) is 13.0. The Bertz CT molecular complexity index is 515. The molecule has 2 aromatic rings. The first-order valence-corrected chi connectivity index (χ1v) is 8.49. The molecule has 1 nitrogen and oxygen atoms in total. The summed E-state index contributed by atoms with van der Waals surface area (Å²) in [6.07, 6.45) is 0.884. The van der Waals surface area contributed by atoms with E-state index in [1.807, 2.05) is 24.3 Å². The molecule has 1 aromatic carbocycles. The van der Waals surface area contributed by atoms with E-state index >= 15 is 0 Å². The Morgan fingerprint density at radius 1 is 1.28 bits per heavy atom. The van der Waals surface area contributed by atoms with Gasteiger partial charge in [-0.2, -0.15) is 0 Å². The molecule has 0 radical (unpaired) electrons. The monoisotopic (exact) mass is 361 g/mol. The molecule has 0 spiro atoms. The molecule has 2 rings (SSSR count). The van der Waals surface area contributed by atoms with Crippen molar-refractivity contribution in [2.75, 3.05) is 5.75 Å². The standard InChI is InChI=1S/C13H13BrClNS2/c14-11-3-1-2-4-12(11)17-8-9(16)7-10-5-6-13(15)18-10/h1-6,9H,7-8,16H2. The summed E-state index contributed by atoms with van der Waals surface area (Å²) in [6.45, 7) is 0. The van der Waals surface area contributed by atoms with Crippen molar-refractivity contribution in [1.82, 2.24) is 0 Å². The van der Waals surface area contributed by atoms with Gasteiger partial charge < -0.3 is 5.73 Å². The van der Waals surface area contributed by atoms with Crippen molar-refractivity contribution in [3.63, 3.8) is 0 Å². The first kappa shape index (κ1) is 14.4. The highest BCUT2D eigenvalue weighted by Gasteiger charge is 2.08. The van der Waals surface area contributed by atoms with E-state index in [1.165, 1.54) is 9.77 Å². The third kappa shape index (κ3) is 4.28. The number of thioether (sulfide) groups is 1. The lowest BCUT2D eigenvalue weighted by molar-refractivity contribution is 0.757. The molecule has 2 N–H and O–H groups in total. The van der Waals surface area contributed by atoms with Crippen LogP contribution in [0.15, 0.2) is 45.8 Å². The zero-order valence-corrected chi connectivity index (χ0v) is 13.6. The van der Waals surface area contributed by atoms with Crippen LogP contribution in [0.25, 0.3) is 0 Å². The van der Waals surface area contributed by atoms with Gasteiger partial charge in [-0.3, -0.25) is 0 Å². The van der Waals surface area contributed by atoms with E-state index < -0.39 is 0 Å². The molecule has 1 atom stereocenters. The maximum absolute atomic E-state index is 6.14. The first-order chi connectivity index (χ1) is 8.65. The van der Waals surface area contributed by atoms with Crippen LogP contribution in [0.3, 0.4) is 0 Å². The Hall–Kier alpha value is -0.0000000000000000278. The summed E-state index contributed by atoms with van der Waals surface area (Å²) >= 11 is 12.8. The molecule has 5 heteroatoms. The molecule has 0 amide bonds. The minimum Gasteiger partial charge on any atom is -0.327 e. The van der Waals surface area contributed by atoms with Gasteiger partial charge in [-0.05, 0) is 46.6 Å². The van der Waals surface area contributed by atoms with Crippen LogP contribution in [0.5, 0.6) is 0 Å². The first-order valence-electron chi connectivity index (χ1n) is 5.52. The van der Waals surface area contributed by atoms with Crippen molar-refractivity contribution < 1.29 is 0 Å². The normalized spacial score (nSPS) is 12.6. The number of hydrogen-bond donors (Lipinski definition) is 1. The molecule has 0 saturated heterocycles. The van der Waals surface area contributed by atoms with Crippen LogP contribution in [-0.4, -0.2) is 11.8 Å². The highest BCUT2D eigenvalue weighted by atomic mass is 79.9. The minimum absolute atomic E-state index is 0.150. The summed E-state index contributed by atoms with van der Waals surface area (Å²) in [4.78, 5) is 2.48. The van der Waals surface area contributed by atoms with E-state index in [1.54, 1.807) is 23.1 Å². The van der Waals surface area contributed by atoms with Crippen LogP contribution in [0.2, 0.25) is 4.34 Å². The fraction of sp³-hybridized carbons (Fsp3) is 0.231. The maximum Gasteiger partial charge on any atom is 0.0931 e. The zero-order valence-electron chi connectivity index (χ0n) is 9.61. The van der Waals surface area contributed by atoms with Crippen LogP contribution in [0.1, 0.15) is 4.88 Å². The predicted octanol–water partition coefficient (Wildman–Crippen LogP) is 4.83. The Kier molecular flexibility index (Phi) is 5.57. The van der Waals surface area contributed by atoms with Gasteiger partial charge in [0.25, 0.3) is 0 Å². The van der Waals surface area contributed by atoms with E-state index in [-0.39, 0.29) is 6.04 Å². The summed E-state index contributed by atoms with van der Waals surface area (Å²) < 4.78 is 1.96. The van der Waals surface area contributed by atoms with Gasteiger partial charge >= 0.3 is 0 Å². The molecule has 0 aliphatic carbocycles. The van der Waals surface area contributed by atoms with Crippen LogP contribution in [0.4, 0.5) is 0 Å². The SMILES string of the molecule is NC(CSc1ccccc1Br)Cc1ccc(Cl)s1. The second kappa shape index (κ2) is 6.96. The minimum atomic E-state index is 0.150. The average molecular weight is 363 g/mol. The summed E-state index contributed by atoms with van der Waals surface area (Å²) in [5.41, 5.74) is 6.14. The molecule has 0 saturated carbocycles. The molecule has 0 aliphatic rings. The highest BCUT2D eigenvalue weighted by Crippen LogP contribution is 2.28. The second-order valence-corrected chi connectivity index (χ2v) is 7.63. The van der Waals surface area contributed by atoms with Crippen LogP contribution >= 0.6 is 50.6 Å². The number of benzene rings is 1. The Balaban J connectivity index is 1.85. The van der Waals surface area contributed by atoms with Crippen LogP contribution < -0.4 is 5.73 Å². The van der Waals surface area contributed by atoms with Gasteiger partial charge in [0.1, 0.15) is 0 Å². The quantitative estimate of drug-likeness (QED) is 0.771. The van der Waals surface area contributed by atoms with E-state index in [9.17, 15) is 0 Å². The summed E-state index contributed by atoms with van der Waals surface area (Å²) in [5, 5.41) is 0. The Labute approximate surface area is 129 Å². The molecule has 1 unspecified atom stereocenters. The summed E-state index contributed by atoms with van der Waals surface area (Å²) in [5.74, 6) is 0.901. The van der Waals surface area contributed by atoms with Crippen molar-refractivity contribution in [3.8, 4) is 0 Å². The van der Waals surface area contributed by atoms with Crippen molar-refractivity contribution in [3.05, 3.63) is 50.1 Å². The third-order valence-electron chi connectivity index (χ3n) is 2.38. The smallest absolute Gasteiger partial charge is 0.0931 e. The third-order valence-corrected chi connectivity index (χ3v) is 5.85. The number of rotatable bonds is 5. The lowest BCUT2D eigenvalue weighted by Crippen LogP contribution is -2.25. The van der Waals surface area contributed by atoms with Crippen molar-refractivity contribution >= 4 is 50.6 Å². The van der Waals surface area contributed by atoms with Crippen molar-refractivity contribution in [1.29, 1.82) is 0 Å². The van der Waals surface area contributed by atoms with Gasteiger partial charge in [0.2, 0.25) is 0 Å². The average Bonchev–Trinajstić information content (AvgIpc) is 2.74. The summed E-state index contributed by atoms with van der Waals surface area (Å²) in [6, 6.07) is 12.3. The number of halogens is 2. The van der Waals surface area contributed by atoms with Gasteiger partial charge in [0.05, 0.1) is 4.34 Å². The van der Waals surface area contributed by atoms with Gasteiger partial charge in [0, 0.05) is 26.0 Å². The lowest BCUT2D eigenvalue weighted by atomic mass is 10.2. The molecular formula is C13H13BrClNS2. The van der Waals surface area contributed by atoms with E-state index in [2.05, 4.69) is 28.1 Å². The fourth-order valence-corrected chi connectivity index (χ4v) is 4.24. The number of hydrogen-bond acceptors (Lipinski definition) is 3. The van der Waals surface area contributed by atoms with Gasteiger partial charge in [-0.1, -0.05) is 23.7 Å². The number of thiophene rings is 1.